The van der Waals surface area contributed by atoms with Crippen LogP contribution in [0.3, 0.4) is 0 Å². The van der Waals surface area contributed by atoms with Crippen molar-refractivity contribution in [3.05, 3.63) is 29.8 Å². The Bertz CT molecular complexity index is 385. The zero-order valence-corrected chi connectivity index (χ0v) is 9.49. The van der Waals surface area contributed by atoms with E-state index in [0.717, 1.165) is 31.6 Å². The van der Waals surface area contributed by atoms with Gasteiger partial charge >= 0.3 is 0 Å². The third kappa shape index (κ3) is 2.17. The Balaban J connectivity index is 2.11. The van der Waals surface area contributed by atoms with Gasteiger partial charge in [0.2, 0.25) is 0 Å². The van der Waals surface area contributed by atoms with Gasteiger partial charge in [0, 0.05) is 6.42 Å². The summed E-state index contributed by atoms with van der Waals surface area (Å²) in [6.45, 7) is 0.948. The molecule has 3 nitrogen and oxygen atoms in total. The molecule has 0 aromatic heterocycles. The first kappa shape index (κ1) is 11.0. The van der Waals surface area contributed by atoms with Crippen molar-refractivity contribution in [2.24, 2.45) is 0 Å². The summed E-state index contributed by atoms with van der Waals surface area (Å²) in [4.78, 5) is 0. The van der Waals surface area contributed by atoms with Crippen molar-refractivity contribution in [1.29, 1.82) is 5.26 Å². The summed E-state index contributed by atoms with van der Waals surface area (Å²) in [6, 6.07) is 10.3. The van der Waals surface area contributed by atoms with E-state index in [2.05, 4.69) is 11.4 Å². The average molecular weight is 216 g/mol. The van der Waals surface area contributed by atoms with Gasteiger partial charge < -0.3 is 4.74 Å². The molecule has 1 N–H and O–H groups in total. The highest BCUT2D eigenvalue weighted by Crippen LogP contribution is 2.24. The van der Waals surface area contributed by atoms with Crippen LogP contribution in [-0.4, -0.2) is 19.2 Å². The summed E-state index contributed by atoms with van der Waals surface area (Å²) in [7, 11) is 1.66. The number of methoxy groups -OCH3 is 1. The molecule has 0 spiro atoms. The van der Waals surface area contributed by atoms with Gasteiger partial charge in [-0.3, -0.25) is 5.32 Å². The van der Waals surface area contributed by atoms with Gasteiger partial charge in [-0.1, -0.05) is 12.1 Å². The maximum Gasteiger partial charge on any atom is 0.118 e. The van der Waals surface area contributed by atoms with Gasteiger partial charge in [-0.25, -0.2) is 0 Å². The normalized spacial score (nSPS) is 24.0. The molecular formula is C13H16N2O. The Morgan fingerprint density at radius 3 is 2.69 bits per heavy atom. The molecule has 1 aliphatic heterocycles. The molecule has 0 radical (unpaired) electrons. The molecule has 1 heterocycles. The van der Waals surface area contributed by atoms with Crippen LogP contribution in [-0.2, 0) is 6.42 Å². The predicted octanol–water partition coefficient (Wildman–Crippen LogP) is 1.88. The van der Waals surface area contributed by atoms with Gasteiger partial charge in [0.1, 0.15) is 11.3 Å². The monoisotopic (exact) mass is 216 g/mol. The number of nitriles is 1. The Morgan fingerprint density at radius 2 is 2.19 bits per heavy atom. The number of nitrogens with one attached hydrogen (secondary N) is 1. The van der Waals surface area contributed by atoms with Crippen molar-refractivity contribution in [1.82, 2.24) is 5.32 Å². The van der Waals surface area contributed by atoms with Crippen molar-refractivity contribution in [2.75, 3.05) is 13.7 Å². The molecule has 0 aliphatic carbocycles. The topological polar surface area (TPSA) is 45.0 Å². The van der Waals surface area contributed by atoms with Crippen LogP contribution in [0.15, 0.2) is 24.3 Å². The molecule has 1 saturated heterocycles. The number of benzene rings is 1. The van der Waals surface area contributed by atoms with Gasteiger partial charge in [-0.2, -0.15) is 5.26 Å². The van der Waals surface area contributed by atoms with E-state index in [9.17, 15) is 5.26 Å². The lowest BCUT2D eigenvalue weighted by Crippen LogP contribution is -2.40. The van der Waals surface area contributed by atoms with Crippen LogP contribution >= 0.6 is 0 Å². The van der Waals surface area contributed by atoms with E-state index in [1.54, 1.807) is 7.11 Å². The van der Waals surface area contributed by atoms with Crippen LogP contribution < -0.4 is 10.1 Å². The average Bonchev–Trinajstić information content (AvgIpc) is 2.79. The molecule has 1 aliphatic rings. The molecule has 1 atom stereocenters. The molecule has 1 aromatic carbocycles. The van der Waals surface area contributed by atoms with Crippen LogP contribution in [0.1, 0.15) is 18.4 Å². The Labute approximate surface area is 96.0 Å². The van der Waals surface area contributed by atoms with Crippen molar-refractivity contribution in [3.8, 4) is 11.8 Å². The molecule has 16 heavy (non-hydrogen) atoms. The Kier molecular flexibility index (Phi) is 3.12. The van der Waals surface area contributed by atoms with Crippen molar-refractivity contribution in [2.45, 2.75) is 24.8 Å². The molecule has 0 amide bonds. The van der Waals surface area contributed by atoms with E-state index in [4.69, 9.17) is 4.74 Å². The zero-order valence-electron chi connectivity index (χ0n) is 9.49. The lowest BCUT2D eigenvalue weighted by atomic mass is 9.91. The fourth-order valence-electron chi connectivity index (χ4n) is 2.18. The summed E-state index contributed by atoms with van der Waals surface area (Å²) in [5.74, 6) is 0.856. The molecule has 1 fully saturated rings. The van der Waals surface area contributed by atoms with Gasteiger partial charge in [0.05, 0.1) is 13.2 Å². The van der Waals surface area contributed by atoms with E-state index >= 15 is 0 Å². The number of rotatable bonds is 3. The van der Waals surface area contributed by atoms with Crippen LogP contribution in [0.4, 0.5) is 0 Å². The van der Waals surface area contributed by atoms with Gasteiger partial charge in [-0.05, 0) is 37.1 Å². The number of ether oxygens (including phenoxy) is 1. The third-order valence-electron chi connectivity index (χ3n) is 3.12. The highest BCUT2D eigenvalue weighted by atomic mass is 16.5. The first-order valence-corrected chi connectivity index (χ1v) is 5.57. The first-order chi connectivity index (χ1) is 7.78. The molecule has 1 unspecified atom stereocenters. The summed E-state index contributed by atoms with van der Waals surface area (Å²) >= 11 is 0. The van der Waals surface area contributed by atoms with Gasteiger partial charge in [-0.15, -0.1) is 0 Å². The Hall–Kier alpha value is -1.53. The van der Waals surface area contributed by atoms with Crippen molar-refractivity contribution in [3.63, 3.8) is 0 Å². The highest BCUT2D eigenvalue weighted by molar-refractivity contribution is 5.30. The maximum absolute atomic E-state index is 9.24. The molecule has 0 saturated carbocycles. The first-order valence-electron chi connectivity index (χ1n) is 5.57. The Morgan fingerprint density at radius 1 is 1.44 bits per heavy atom. The molecule has 3 heteroatoms. The summed E-state index contributed by atoms with van der Waals surface area (Å²) in [5.41, 5.74) is 0.825. The second kappa shape index (κ2) is 4.54. The number of nitrogens with zero attached hydrogens (tertiary/aromatic N) is 1. The lowest BCUT2D eigenvalue weighted by Gasteiger charge is -2.20. The second-order valence-corrected chi connectivity index (χ2v) is 4.25. The van der Waals surface area contributed by atoms with Gasteiger partial charge in [0.15, 0.2) is 0 Å². The minimum atomic E-state index is -0.353. The standard InChI is InChI=1S/C13H16N2O/c1-16-12-5-3-11(4-6-12)9-13(10-14)7-2-8-15-13/h3-6,15H,2,7-9H2,1H3. The SMILES string of the molecule is COc1ccc(CC2(C#N)CCCN2)cc1. The van der Waals surface area contributed by atoms with Crippen LogP contribution in [0.5, 0.6) is 5.75 Å². The van der Waals surface area contributed by atoms with Crippen molar-refractivity contribution < 1.29 is 4.74 Å². The maximum atomic E-state index is 9.24. The fraction of sp³-hybridized carbons (Fsp3) is 0.462. The van der Waals surface area contributed by atoms with Gasteiger partial charge in [0.25, 0.3) is 0 Å². The zero-order chi connectivity index (χ0) is 11.4. The smallest absolute Gasteiger partial charge is 0.118 e. The predicted molar refractivity (Wildman–Crippen MR) is 62.3 cm³/mol. The molecule has 84 valence electrons. The van der Waals surface area contributed by atoms with Crippen LogP contribution in [0.2, 0.25) is 0 Å². The quantitative estimate of drug-likeness (QED) is 0.839. The van der Waals surface area contributed by atoms with E-state index in [-0.39, 0.29) is 5.54 Å². The molecule has 1 aromatic rings. The van der Waals surface area contributed by atoms with E-state index < -0.39 is 0 Å². The number of hydrogen-bond acceptors (Lipinski definition) is 3. The third-order valence-corrected chi connectivity index (χ3v) is 3.12. The minimum absolute atomic E-state index is 0.353. The molecule has 2 rings (SSSR count). The van der Waals surface area contributed by atoms with Crippen LogP contribution in [0, 0.1) is 11.3 Å². The molecular weight excluding hydrogens is 200 g/mol. The van der Waals surface area contributed by atoms with E-state index in [1.807, 2.05) is 24.3 Å². The highest BCUT2D eigenvalue weighted by Gasteiger charge is 2.33. The second-order valence-electron chi connectivity index (χ2n) is 4.25. The van der Waals surface area contributed by atoms with Crippen molar-refractivity contribution >= 4 is 0 Å². The summed E-state index contributed by atoms with van der Waals surface area (Å²) in [5, 5.41) is 12.5. The largest absolute Gasteiger partial charge is 0.497 e. The summed E-state index contributed by atoms with van der Waals surface area (Å²) in [6.07, 6.45) is 2.80. The summed E-state index contributed by atoms with van der Waals surface area (Å²) < 4.78 is 5.11. The lowest BCUT2D eigenvalue weighted by molar-refractivity contribution is 0.414. The molecule has 0 bridgehead atoms. The fourth-order valence-corrected chi connectivity index (χ4v) is 2.18. The van der Waals surface area contributed by atoms with E-state index in [0.29, 0.717) is 0 Å². The minimum Gasteiger partial charge on any atom is -0.497 e. The van der Waals surface area contributed by atoms with E-state index in [1.165, 1.54) is 5.56 Å². The van der Waals surface area contributed by atoms with Crippen LogP contribution in [0.25, 0.3) is 0 Å². The number of hydrogen-bond donors (Lipinski definition) is 1.